The Hall–Kier alpha value is -2.43. The largest absolute Gasteiger partial charge is 0.493 e. The molecule has 1 N–H and O–H groups in total. The maximum atomic E-state index is 13.1. The number of rotatable bonds is 9. The van der Waals surface area contributed by atoms with Crippen LogP contribution in [0.2, 0.25) is 0 Å². The monoisotopic (exact) mass is 480 g/mol. The summed E-state index contributed by atoms with van der Waals surface area (Å²) in [5.74, 6) is -0.268. The van der Waals surface area contributed by atoms with Crippen LogP contribution in [0.5, 0.6) is 5.75 Å². The van der Waals surface area contributed by atoms with Gasteiger partial charge < -0.3 is 10.1 Å². The van der Waals surface area contributed by atoms with Crippen molar-refractivity contribution in [2.24, 2.45) is 5.92 Å². The van der Waals surface area contributed by atoms with Crippen LogP contribution in [0.25, 0.3) is 0 Å². The number of nitrogens with one attached hydrogen (secondary N) is 1. The highest BCUT2D eigenvalue weighted by molar-refractivity contribution is 7.91. The number of hydrogen-bond acceptors (Lipinski definition) is 6. The van der Waals surface area contributed by atoms with Crippen molar-refractivity contribution in [1.29, 1.82) is 0 Å². The number of benzene rings is 2. The minimum absolute atomic E-state index is 0.00655. The lowest BCUT2D eigenvalue weighted by molar-refractivity contribution is -0.120. The molecule has 1 fully saturated rings. The molecule has 1 aliphatic heterocycles. The Labute approximate surface area is 189 Å². The van der Waals surface area contributed by atoms with Crippen molar-refractivity contribution in [3.05, 3.63) is 54.6 Å². The summed E-state index contributed by atoms with van der Waals surface area (Å²) >= 11 is 0. The standard InChI is InChI=1S/C22H28N2O6S2/c1-2-31(26,27)16-15-30-20-10-12-21(13-11-20)32(28,29)24-14-6-7-18(17-24)22(25)23-19-8-4-3-5-9-19/h3-5,8-13,18H,2,6-7,14-17H2,1H3,(H,23,25). The van der Waals surface area contributed by atoms with Gasteiger partial charge in [-0.1, -0.05) is 25.1 Å². The van der Waals surface area contributed by atoms with Gasteiger partial charge in [0.05, 0.1) is 16.6 Å². The molecule has 0 radical (unpaired) electrons. The van der Waals surface area contributed by atoms with Crippen molar-refractivity contribution in [3.63, 3.8) is 0 Å². The molecule has 0 saturated carbocycles. The summed E-state index contributed by atoms with van der Waals surface area (Å²) in [6, 6.07) is 15.0. The normalized spacial score (nSPS) is 17.6. The van der Waals surface area contributed by atoms with Crippen LogP contribution >= 0.6 is 0 Å². The third-order valence-corrected chi connectivity index (χ3v) is 8.91. The van der Waals surface area contributed by atoms with E-state index in [-0.39, 0.29) is 35.5 Å². The molecule has 3 rings (SSSR count). The second-order valence-electron chi connectivity index (χ2n) is 7.61. The average Bonchev–Trinajstić information content (AvgIpc) is 2.80. The third-order valence-electron chi connectivity index (χ3n) is 5.36. The first-order chi connectivity index (χ1) is 15.2. The first kappa shape index (κ1) is 24.2. The van der Waals surface area contributed by atoms with Crippen molar-refractivity contribution >= 4 is 31.5 Å². The van der Waals surface area contributed by atoms with Crippen molar-refractivity contribution in [2.45, 2.75) is 24.7 Å². The maximum absolute atomic E-state index is 13.1. The predicted octanol–water partition coefficient (Wildman–Crippen LogP) is 2.54. The van der Waals surface area contributed by atoms with Gasteiger partial charge >= 0.3 is 0 Å². The molecule has 174 valence electrons. The number of nitrogens with zero attached hydrogens (tertiary/aromatic N) is 1. The third kappa shape index (κ3) is 6.30. The van der Waals surface area contributed by atoms with Crippen LogP contribution in [0, 0.1) is 5.92 Å². The van der Waals surface area contributed by atoms with Gasteiger partial charge in [0.25, 0.3) is 0 Å². The Bertz CT molecular complexity index is 1120. The Morgan fingerprint density at radius 1 is 1.06 bits per heavy atom. The first-order valence-electron chi connectivity index (χ1n) is 10.5. The molecule has 1 amide bonds. The molecule has 1 saturated heterocycles. The summed E-state index contributed by atoms with van der Waals surface area (Å²) in [4.78, 5) is 12.7. The predicted molar refractivity (Wildman–Crippen MR) is 123 cm³/mol. The second kappa shape index (κ2) is 10.5. The smallest absolute Gasteiger partial charge is 0.243 e. The Morgan fingerprint density at radius 2 is 1.75 bits per heavy atom. The zero-order valence-electron chi connectivity index (χ0n) is 17.9. The number of para-hydroxylation sites is 1. The fourth-order valence-electron chi connectivity index (χ4n) is 3.43. The number of hydrogen-bond donors (Lipinski definition) is 1. The maximum Gasteiger partial charge on any atom is 0.243 e. The van der Waals surface area contributed by atoms with Crippen LogP contribution in [-0.2, 0) is 24.7 Å². The molecule has 2 aromatic carbocycles. The second-order valence-corrected chi connectivity index (χ2v) is 12.0. The Balaban J connectivity index is 1.62. The van der Waals surface area contributed by atoms with E-state index in [0.29, 0.717) is 30.8 Å². The van der Waals surface area contributed by atoms with E-state index in [0.717, 1.165) is 0 Å². The minimum Gasteiger partial charge on any atom is -0.493 e. The summed E-state index contributed by atoms with van der Waals surface area (Å²) < 4.78 is 56.0. The van der Waals surface area contributed by atoms with E-state index in [9.17, 15) is 21.6 Å². The molecule has 0 bridgehead atoms. The number of sulfonamides is 1. The van der Waals surface area contributed by atoms with E-state index >= 15 is 0 Å². The minimum atomic E-state index is -3.76. The molecule has 0 spiro atoms. The van der Waals surface area contributed by atoms with Gasteiger partial charge in [-0.15, -0.1) is 0 Å². The summed E-state index contributed by atoms with van der Waals surface area (Å²) in [6.45, 7) is 2.05. The molecule has 0 aromatic heterocycles. The number of carbonyl (C=O) groups excluding carboxylic acids is 1. The van der Waals surface area contributed by atoms with Gasteiger partial charge in [0, 0.05) is 24.5 Å². The first-order valence-corrected chi connectivity index (χ1v) is 13.8. The quantitative estimate of drug-likeness (QED) is 0.591. The summed E-state index contributed by atoms with van der Waals surface area (Å²) in [6.07, 6.45) is 1.22. The van der Waals surface area contributed by atoms with E-state index < -0.39 is 25.8 Å². The number of amides is 1. The summed E-state index contributed by atoms with van der Waals surface area (Å²) in [5, 5.41) is 2.85. The van der Waals surface area contributed by atoms with Crippen LogP contribution < -0.4 is 10.1 Å². The lowest BCUT2D eigenvalue weighted by atomic mass is 9.99. The van der Waals surface area contributed by atoms with Crippen molar-refractivity contribution in [3.8, 4) is 5.75 Å². The fraction of sp³-hybridized carbons (Fsp3) is 0.409. The van der Waals surface area contributed by atoms with E-state index in [1.807, 2.05) is 18.2 Å². The summed E-state index contributed by atoms with van der Waals surface area (Å²) in [5.41, 5.74) is 0.680. The molecule has 0 aliphatic carbocycles. The molecule has 32 heavy (non-hydrogen) atoms. The highest BCUT2D eigenvalue weighted by Crippen LogP contribution is 2.26. The number of carbonyl (C=O) groups is 1. The number of sulfone groups is 1. The molecule has 8 nitrogen and oxygen atoms in total. The van der Waals surface area contributed by atoms with E-state index in [2.05, 4.69) is 5.32 Å². The lowest BCUT2D eigenvalue weighted by Gasteiger charge is -2.31. The highest BCUT2D eigenvalue weighted by Gasteiger charge is 2.33. The topological polar surface area (TPSA) is 110 Å². The Morgan fingerprint density at radius 3 is 2.41 bits per heavy atom. The summed E-state index contributed by atoms with van der Waals surface area (Å²) in [7, 11) is -6.89. The van der Waals surface area contributed by atoms with E-state index in [1.165, 1.54) is 28.6 Å². The van der Waals surface area contributed by atoms with Gasteiger partial charge in [0.2, 0.25) is 15.9 Å². The van der Waals surface area contributed by atoms with Crippen LogP contribution in [0.3, 0.4) is 0 Å². The van der Waals surface area contributed by atoms with Gasteiger partial charge in [-0.05, 0) is 49.2 Å². The highest BCUT2D eigenvalue weighted by atomic mass is 32.2. The van der Waals surface area contributed by atoms with Gasteiger partial charge in [-0.2, -0.15) is 4.31 Å². The van der Waals surface area contributed by atoms with Crippen LogP contribution in [0.15, 0.2) is 59.5 Å². The fourth-order valence-corrected chi connectivity index (χ4v) is 5.58. The lowest BCUT2D eigenvalue weighted by Crippen LogP contribution is -2.43. The SMILES string of the molecule is CCS(=O)(=O)CCOc1ccc(S(=O)(=O)N2CCCC(C(=O)Nc3ccccc3)C2)cc1. The molecule has 1 unspecified atom stereocenters. The zero-order chi connectivity index (χ0) is 23.2. The van der Waals surface area contributed by atoms with E-state index in [1.54, 1.807) is 19.1 Å². The number of ether oxygens (including phenoxy) is 1. The molecule has 2 aromatic rings. The van der Waals surface area contributed by atoms with Crippen LogP contribution in [0.1, 0.15) is 19.8 Å². The van der Waals surface area contributed by atoms with Crippen molar-refractivity contribution in [1.82, 2.24) is 4.31 Å². The molecule has 1 heterocycles. The van der Waals surface area contributed by atoms with Gasteiger partial charge in [0.1, 0.15) is 12.4 Å². The van der Waals surface area contributed by atoms with Crippen molar-refractivity contribution < 1.29 is 26.4 Å². The molecule has 1 aliphatic rings. The van der Waals surface area contributed by atoms with Crippen LogP contribution in [-0.4, -0.2) is 58.3 Å². The van der Waals surface area contributed by atoms with Gasteiger partial charge in [-0.25, -0.2) is 16.8 Å². The van der Waals surface area contributed by atoms with Crippen LogP contribution in [0.4, 0.5) is 5.69 Å². The van der Waals surface area contributed by atoms with E-state index in [4.69, 9.17) is 4.74 Å². The zero-order valence-corrected chi connectivity index (χ0v) is 19.6. The number of anilines is 1. The molecule has 10 heteroatoms. The molecular weight excluding hydrogens is 452 g/mol. The average molecular weight is 481 g/mol. The van der Waals surface area contributed by atoms with Gasteiger partial charge in [-0.3, -0.25) is 4.79 Å². The van der Waals surface area contributed by atoms with Gasteiger partial charge in [0.15, 0.2) is 9.84 Å². The van der Waals surface area contributed by atoms with Crippen molar-refractivity contribution in [2.75, 3.05) is 36.5 Å². The molecular formula is C22H28N2O6S2. The Kier molecular flexibility index (Phi) is 7.91. The molecule has 1 atom stereocenters. The number of piperidine rings is 1.